The van der Waals surface area contributed by atoms with E-state index in [2.05, 4.69) is 24.1 Å². The highest BCUT2D eigenvalue weighted by atomic mass is 15.2. The second kappa shape index (κ2) is 5.31. The molecule has 88 valence electrons. The minimum absolute atomic E-state index is 0.826. The summed E-state index contributed by atoms with van der Waals surface area (Å²) in [6.07, 6.45) is 5.74. The van der Waals surface area contributed by atoms with E-state index in [9.17, 15) is 0 Å². The topological polar surface area (TPSA) is 15.3 Å². The fourth-order valence-electron chi connectivity index (χ4n) is 3.45. The Kier molecular flexibility index (Phi) is 4.04. The summed E-state index contributed by atoms with van der Waals surface area (Å²) in [5, 5.41) is 3.54. The van der Waals surface area contributed by atoms with E-state index in [0.717, 1.165) is 17.9 Å². The van der Waals surface area contributed by atoms with Crippen LogP contribution in [-0.4, -0.2) is 37.1 Å². The van der Waals surface area contributed by atoms with Crippen LogP contribution in [-0.2, 0) is 0 Å². The smallest absolute Gasteiger partial charge is 0.0171 e. The summed E-state index contributed by atoms with van der Waals surface area (Å²) in [5.41, 5.74) is 0. The highest BCUT2D eigenvalue weighted by Crippen LogP contribution is 2.25. The first-order valence-electron chi connectivity index (χ1n) is 6.74. The maximum atomic E-state index is 3.54. The van der Waals surface area contributed by atoms with Gasteiger partial charge >= 0.3 is 0 Å². The normalized spacial score (nSPS) is 40.0. The summed E-state index contributed by atoms with van der Waals surface area (Å²) >= 11 is 0. The summed E-state index contributed by atoms with van der Waals surface area (Å²) in [7, 11) is 0. The van der Waals surface area contributed by atoms with E-state index in [1.807, 2.05) is 0 Å². The predicted molar refractivity (Wildman–Crippen MR) is 65.0 cm³/mol. The van der Waals surface area contributed by atoms with E-state index in [1.165, 1.54) is 51.9 Å². The van der Waals surface area contributed by atoms with Crippen molar-refractivity contribution < 1.29 is 0 Å². The van der Waals surface area contributed by atoms with Gasteiger partial charge in [-0.1, -0.05) is 26.7 Å². The molecule has 0 bridgehead atoms. The van der Waals surface area contributed by atoms with E-state index in [1.54, 1.807) is 0 Å². The Labute approximate surface area is 94.4 Å². The standard InChI is InChI=1S/C13H26N2/c1-11-9-14-10-12(2)13(11)15-7-5-3-4-6-8-15/h11-14H,3-10H2,1-2H3. The number of piperidine rings is 1. The second-order valence-electron chi connectivity index (χ2n) is 5.55. The zero-order valence-electron chi connectivity index (χ0n) is 10.3. The van der Waals surface area contributed by atoms with Crippen LogP contribution in [0, 0.1) is 11.8 Å². The minimum Gasteiger partial charge on any atom is -0.316 e. The van der Waals surface area contributed by atoms with Crippen molar-refractivity contribution in [2.75, 3.05) is 26.2 Å². The van der Waals surface area contributed by atoms with Crippen molar-refractivity contribution in [1.29, 1.82) is 0 Å². The third kappa shape index (κ3) is 2.73. The maximum Gasteiger partial charge on any atom is 0.0171 e. The van der Waals surface area contributed by atoms with Crippen molar-refractivity contribution in [3.8, 4) is 0 Å². The predicted octanol–water partition coefficient (Wildman–Crippen LogP) is 2.11. The zero-order chi connectivity index (χ0) is 10.7. The maximum absolute atomic E-state index is 3.54. The van der Waals surface area contributed by atoms with Gasteiger partial charge in [0, 0.05) is 6.04 Å². The molecule has 0 aromatic heterocycles. The van der Waals surface area contributed by atoms with Gasteiger partial charge in [0.05, 0.1) is 0 Å². The minimum atomic E-state index is 0.826. The second-order valence-corrected chi connectivity index (χ2v) is 5.55. The highest BCUT2D eigenvalue weighted by Gasteiger charge is 2.32. The van der Waals surface area contributed by atoms with Crippen molar-refractivity contribution >= 4 is 0 Å². The average molecular weight is 210 g/mol. The van der Waals surface area contributed by atoms with Gasteiger partial charge < -0.3 is 5.32 Å². The molecule has 1 N–H and O–H groups in total. The van der Waals surface area contributed by atoms with Crippen molar-refractivity contribution in [2.24, 2.45) is 11.8 Å². The first-order chi connectivity index (χ1) is 7.29. The van der Waals surface area contributed by atoms with Gasteiger partial charge in [-0.25, -0.2) is 0 Å². The van der Waals surface area contributed by atoms with E-state index < -0.39 is 0 Å². The monoisotopic (exact) mass is 210 g/mol. The van der Waals surface area contributed by atoms with Gasteiger partial charge in [-0.05, 0) is 50.9 Å². The first kappa shape index (κ1) is 11.4. The molecule has 2 fully saturated rings. The molecule has 2 heteroatoms. The third-order valence-electron chi connectivity index (χ3n) is 4.16. The first-order valence-corrected chi connectivity index (χ1v) is 6.74. The quantitative estimate of drug-likeness (QED) is 0.713. The number of rotatable bonds is 1. The van der Waals surface area contributed by atoms with E-state index in [4.69, 9.17) is 0 Å². The van der Waals surface area contributed by atoms with Gasteiger partial charge in [0.25, 0.3) is 0 Å². The Morgan fingerprint density at radius 3 is 1.93 bits per heavy atom. The number of likely N-dealkylation sites (tertiary alicyclic amines) is 1. The van der Waals surface area contributed by atoms with E-state index in [-0.39, 0.29) is 0 Å². The summed E-state index contributed by atoms with van der Waals surface area (Å²) in [6, 6.07) is 0.837. The van der Waals surface area contributed by atoms with Gasteiger partial charge in [-0.3, -0.25) is 4.90 Å². The Morgan fingerprint density at radius 1 is 0.867 bits per heavy atom. The van der Waals surface area contributed by atoms with Crippen LogP contribution in [0.2, 0.25) is 0 Å². The van der Waals surface area contributed by atoms with E-state index >= 15 is 0 Å². The molecular weight excluding hydrogens is 184 g/mol. The van der Waals surface area contributed by atoms with Gasteiger partial charge in [-0.2, -0.15) is 0 Å². The van der Waals surface area contributed by atoms with Crippen LogP contribution in [0.25, 0.3) is 0 Å². The van der Waals surface area contributed by atoms with Crippen molar-refractivity contribution in [3.05, 3.63) is 0 Å². The van der Waals surface area contributed by atoms with Gasteiger partial charge in [0.1, 0.15) is 0 Å². The van der Waals surface area contributed by atoms with Gasteiger partial charge in [0.2, 0.25) is 0 Å². The number of hydrogen-bond acceptors (Lipinski definition) is 2. The number of nitrogens with zero attached hydrogens (tertiary/aromatic N) is 1. The van der Waals surface area contributed by atoms with Gasteiger partial charge in [-0.15, -0.1) is 0 Å². The molecular formula is C13H26N2. The van der Waals surface area contributed by atoms with Gasteiger partial charge in [0.15, 0.2) is 0 Å². The molecule has 15 heavy (non-hydrogen) atoms. The van der Waals surface area contributed by atoms with Crippen LogP contribution in [0.5, 0.6) is 0 Å². The lowest BCUT2D eigenvalue weighted by Crippen LogP contribution is -2.53. The largest absolute Gasteiger partial charge is 0.316 e. The molecule has 0 radical (unpaired) electrons. The average Bonchev–Trinajstić information content (AvgIpc) is 2.46. The fourth-order valence-corrected chi connectivity index (χ4v) is 3.45. The molecule has 2 aliphatic heterocycles. The lowest BCUT2D eigenvalue weighted by Gasteiger charge is -2.42. The van der Waals surface area contributed by atoms with Crippen LogP contribution in [0.4, 0.5) is 0 Å². The van der Waals surface area contributed by atoms with Crippen LogP contribution in [0.3, 0.4) is 0 Å². The Bertz CT molecular complexity index is 175. The SMILES string of the molecule is CC1CNCC(C)C1N1CCCCCC1. The highest BCUT2D eigenvalue weighted by molar-refractivity contribution is 4.88. The van der Waals surface area contributed by atoms with Crippen LogP contribution < -0.4 is 5.32 Å². The number of nitrogens with one attached hydrogen (secondary N) is 1. The lowest BCUT2D eigenvalue weighted by atomic mass is 9.85. The fraction of sp³-hybridized carbons (Fsp3) is 1.00. The molecule has 2 saturated heterocycles. The van der Waals surface area contributed by atoms with Crippen molar-refractivity contribution in [2.45, 2.75) is 45.6 Å². The molecule has 2 unspecified atom stereocenters. The molecule has 0 saturated carbocycles. The molecule has 0 spiro atoms. The molecule has 0 aromatic rings. The Morgan fingerprint density at radius 2 is 1.40 bits per heavy atom. The Balaban J connectivity index is 1.98. The third-order valence-corrected chi connectivity index (χ3v) is 4.16. The molecule has 0 amide bonds. The molecule has 0 aliphatic carbocycles. The Hall–Kier alpha value is -0.0800. The summed E-state index contributed by atoms with van der Waals surface area (Å²) in [6.45, 7) is 9.95. The molecule has 2 aliphatic rings. The number of hydrogen-bond donors (Lipinski definition) is 1. The lowest BCUT2D eigenvalue weighted by molar-refractivity contribution is 0.0821. The molecule has 2 rings (SSSR count). The molecule has 2 atom stereocenters. The molecule has 2 heterocycles. The molecule has 0 aromatic carbocycles. The zero-order valence-corrected chi connectivity index (χ0v) is 10.3. The van der Waals surface area contributed by atoms with Crippen LogP contribution in [0.1, 0.15) is 39.5 Å². The van der Waals surface area contributed by atoms with E-state index in [0.29, 0.717) is 0 Å². The van der Waals surface area contributed by atoms with Crippen molar-refractivity contribution in [1.82, 2.24) is 10.2 Å². The van der Waals surface area contributed by atoms with Crippen molar-refractivity contribution in [3.63, 3.8) is 0 Å². The summed E-state index contributed by atoms with van der Waals surface area (Å²) in [4.78, 5) is 2.78. The van der Waals surface area contributed by atoms with Crippen LogP contribution in [0.15, 0.2) is 0 Å². The summed E-state index contributed by atoms with van der Waals surface area (Å²) < 4.78 is 0. The molecule has 2 nitrogen and oxygen atoms in total. The van der Waals surface area contributed by atoms with Crippen LogP contribution >= 0.6 is 0 Å². The summed E-state index contributed by atoms with van der Waals surface area (Å²) in [5.74, 6) is 1.65.